The van der Waals surface area contributed by atoms with Gasteiger partial charge in [-0.2, -0.15) is 8.78 Å². The van der Waals surface area contributed by atoms with Crippen LogP contribution < -0.4 is 20.3 Å². The fraction of sp³-hybridized carbons (Fsp3) is 0.235. The first-order chi connectivity index (χ1) is 11.4. The lowest BCUT2D eigenvalue weighted by Crippen LogP contribution is -2.28. The van der Waals surface area contributed by atoms with Crippen LogP contribution in [0.2, 0.25) is 0 Å². The van der Waals surface area contributed by atoms with Crippen molar-refractivity contribution in [2.45, 2.75) is 13.2 Å². The first-order valence-electron chi connectivity index (χ1n) is 7.30. The molecule has 0 radical (unpaired) electrons. The van der Waals surface area contributed by atoms with Crippen molar-refractivity contribution < 1.29 is 18.3 Å². The highest BCUT2D eigenvalue weighted by molar-refractivity contribution is 5.89. The van der Waals surface area contributed by atoms with Gasteiger partial charge in [0.1, 0.15) is 5.75 Å². The molecule has 0 fully saturated rings. The molecule has 5 nitrogen and oxygen atoms in total. The summed E-state index contributed by atoms with van der Waals surface area (Å²) in [4.78, 5) is 13.8. The number of anilines is 2. The zero-order valence-corrected chi connectivity index (χ0v) is 13.4. The zero-order chi connectivity index (χ0) is 17.5. The Labute approximate surface area is 139 Å². The second-order valence-corrected chi connectivity index (χ2v) is 5.27. The number of carbonyl (C=O) groups excluding carboxylic acids is 1. The molecule has 0 spiro atoms. The predicted molar refractivity (Wildman–Crippen MR) is 89.7 cm³/mol. The number of benzene rings is 2. The van der Waals surface area contributed by atoms with Crippen molar-refractivity contribution in [1.29, 1.82) is 0 Å². The van der Waals surface area contributed by atoms with Crippen LogP contribution in [0.25, 0.3) is 0 Å². The number of urea groups is 1. The molecular formula is C17H19F2N3O2. The smallest absolute Gasteiger partial charge is 0.387 e. The van der Waals surface area contributed by atoms with E-state index in [9.17, 15) is 13.6 Å². The van der Waals surface area contributed by atoms with Crippen molar-refractivity contribution in [3.05, 3.63) is 54.1 Å². The van der Waals surface area contributed by atoms with E-state index < -0.39 is 6.61 Å². The highest BCUT2D eigenvalue weighted by Gasteiger charge is 2.05. The highest BCUT2D eigenvalue weighted by atomic mass is 19.3. The summed E-state index contributed by atoms with van der Waals surface area (Å²) in [5, 5.41) is 5.35. The number of ether oxygens (including phenoxy) is 1. The minimum atomic E-state index is -2.87. The summed E-state index contributed by atoms with van der Waals surface area (Å²) >= 11 is 0. The number of hydrogen-bond donors (Lipinski definition) is 2. The van der Waals surface area contributed by atoms with Gasteiger partial charge in [0, 0.05) is 32.0 Å². The minimum Gasteiger partial charge on any atom is -0.435 e. The number of alkyl halides is 2. The van der Waals surface area contributed by atoms with Gasteiger partial charge in [0.05, 0.1) is 0 Å². The van der Waals surface area contributed by atoms with Gasteiger partial charge in [-0.15, -0.1) is 0 Å². The Morgan fingerprint density at radius 2 is 1.71 bits per heavy atom. The van der Waals surface area contributed by atoms with E-state index in [1.165, 1.54) is 24.3 Å². The average Bonchev–Trinajstić information content (AvgIpc) is 2.54. The molecule has 0 aromatic heterocycles. The quantitative estimate of drug-likeness (QED) is 0.847. The van der Waals surface area contributed by atoms with Gasteiger partial charge in [-0.1, -0.05) is 12.1 Å². The standard InChI is InChI=1S/C17H19F2N3O2/c1-22(2)14-7-3-12(4-8-14)11-20-17(23)21-13-5-9-15(10-6-13)24-16(18)19/h3-10,16H,11H2,1-2H3,(H2,20,21,23). The number of nitrogens with one attached hydrogen (secondary N) is 2. The third-order valence-corrected chi connectivity index (χ3v) is 3.24. The Kier molecular flexibility index (Phi) is 5.95. The van der Waals surface area contributed by atoms with E-state index >= 15 is 0 Å². The monoisotopic (exact) mass is 335 g/mol. The molecule has 2 amide bonds. The topological polar surface area (TPSA) is 53.6 Å². The summed E-state index contributed by atoms with van der Waals surface area (Å²) in [6.45, 7) is -2.49. The predicted octanol–water partition coefficient (Wildman–Crippen LogP) is 3.68. The van der Waals surface area contributed by atoms with Gasteiger partial charge in [-0.3, -0.25) is 0 Å². The minimum absolute atomic E-state index is 0.0388. The summed E-state index contributed by atoms with van der Waals surface area (Å²) in [5.74, 6) is 0.0388. The lowest BCUT2D eigenvalue weighted by atomic mass is 10.2. The van der Waals surface area contributed by atoms with Gasteiger partial charge < -0.3 is 20.3 Å². The van der Waals surface area contributed by atoms with Crippen molar-refractivity contribution in [1.82, 2.24) is 5.32 Å². The van der Waals surface area contributed by atoms with Crippen LogP contribution in [-0.2, 0) is 6.54 Å². The van der Waals surface area contributed by atoms with Crippen molar-refractivity contribution in [3.63, 3.8) is 0 Å². The highest BCUT2D eigenvalue weighted by Crippen LogP contribution is 2.17. The SMILES string of the molecule is CN(C)c1ccc(CNC(=O)Nc2ccc(OC(F)F)cc2)cc1. The third kappa shape index (κ3) is 5.42. The normalized spacial score (nSPS) is 10.4. The molecule has 0 aliphatic rings. The Hall–Kier alpha value is -2.83. The van der Waals surface area contributed by atoms with Crippen molar-refractivity contribution in [3.8, 4) is 5.75 Å². The number of rotatable bonds is 6. The molecule has 0 heterocycles. The molecule has 2 aromatic rings. The molecule has 0 aliphatic heterocycles. The van der Waals surface area contributed by atoms with Gasteiger partial charge in [0.2, 0.25) is 0 Å². The van der Waals surface area contributed by atoms with Crippen LogP contribution in [0.3, 0.4) is 0 Å². The number of halogens is 2. The maximum Gasteiger partial charge on any atom is 0.387 e. The molecule has 0 unspecified atom stereocenters. The molecule has 2 N–H and O–H groups in total. The fourth-order valence-electron chi connectivity index (χ4n) is 1.99. The van der Waals surface area contributed by atoms with Crippen LogP contribution in [0.5, 0.6) is 5.75 Å². The first kappa shape index (κ1) is 17.5. The molecule has 24 heavy (non-hydrogen) atoms. The van der Waals surface area contributed by atoms with E-state index in [1.807, 2.05) is 43.3 Å². The molecule has 7 heteroatoms. The second kappa shape index (κ2) is 8.14. The molecule has 0 saturated carbocycles. The van der Waals surface area contributed by atoms with Crippen molar-refractivity contribution in [2.75, 3.05) is 24.3 Å². The maximum atomic E-state index is 12.1. The molecule has 0 aliphatic carbocycles. The fourth-order valence-corrected chi connectivity index (χ4v) is 1.99. The average molecular weight is 335 g/mol. The third-order valence-electron chi connectivity index (χ3n) is 3.24. The molecule has 128 valence electrons. The van der Waals surface area contributed by atoms with E-state index in [0.717, 1.165) is 11.3 Å². The summed E-state index contributed by atoms with van der Waals surface area (Å²) in [6.07, 6.45) is 0. The van der Waals surface area contributed by atoms with Crippen LogP contribution in [0.4, 0.5) is 25.0 Å². The van der Waals surface area contributed by atoms with Crippen LogP contribution in [0.1, 0.15) is 5.56 Å². The zero-order valence-electron chi connectivity index (χ0n) is 13.4. The Morgan fingerprint density at radius 3 is 2.25 bits per heavy atom. The van der Waals surface area contributed by atoms with Crippen LogP contribution in [0, 0.1) is 0 Å². The summed E-state index contributed by atoms with van der Waals surface area (Å²) in [7, 11) is 3.91. The number of carbonyl (C=O) groups is 1. The van der Waals surface area contributed by atoms with Crippen LogP contribution >= 0.6 is 0 Å². The lowest BCUT2D eigenvalue weighted by Gasteiger charge is -2.13. The molecule has 0 saturated heterocycles. The number of hydrogen-bond acceptors (Lipinski definition) is 3. The lowest BCUT2D eigenvalue weighted by molar-refractivity contribution is -0.0498. The van der Waals surface area contributed by atoms with E-state index in [0.29, 0.717) is 12.2 Å². The van der Waals surface area contributed by atoms with Crippen LogP contribution in [-0.4, -0.2) is 26.7 Å². The summed E-state index contributed by atoms with van der Waals surface area (Å²) in [5.41, 5.74) is 2.53. The van der Waals surface area contributed by atoms with Crippen molar-refractivity contribution in [2.24, 2.45) is 0 Å². The first-order valence-corrected chi connectivity index (χ1v) is 7.30. The van der Waals surface area contributed by atoms with Gasteiger partial charge in [-0.05, 0) is 42.0 Å². The summed E-state index contributed by atoms with van der Waals surface area (Å²) < 4.78 is 28.4. The second-order valence-electron chi connectivity index (χ2n) is 5.27. The Morgan fingerprint density at radius 1 is 1.08 bits per heavy atom. The van der Waals surface area contributed by atoms with E-state index in [2.05, 4.69) is 15.4 Å². The van der Waals surface area contributed by atoms with E-state index in [-0.39, 0.29) is 11.8 Å². The van der Waals surface area contributed by atoms with Gasteiger partial charge >= 0.3 is 12.6 Å². The molecule has 2 aromatic carbocycles. The largest absolute Gasteiger partial charge is 0.435 e. The van der Waals surface area contributed by atoms with E-state index in [1.54, 1.807) is 0 Å². The van der Waals surface area contributed by atoms with Gasteiger partial charge in [0.25, 0.3) is 0 Å². The Balaban J connectivity index is 1.82. The van der Waals surface area contributed by atoms with Gasteiger partial charge in [-0.25, -0.2) is 4.79 Å². The van der Waals surface area contributed by atoms with Crippen LogP contribution in [0.15, 0.2) is 48.5 Å². The molecule has 0 bridgehead atoms. The molecule has 2 rings (SSSR count). The van der Waals surface area contributed by atoms with Crippen molar-refractivity contribution >= 4 is 17.4 Å². The molecular weight excluding hydrogens is 316 g/mol. The maximum absolute atomic E-state index is 12.1. The molecule has 0 atom stereocenters. The number of nitrogens with zero attached hydrogens (tertiary/aromatic N) is 1. The number of amides is 2. The summed E-state index contributed by atoms with van der Waals surface area (Å²) in [6, 6.07) is 13.1. The Bertz CT molecular complexity index is 659. The van der Waals surface area contributed by atoms with E-state index in [4.69, 9.17) is 0 Å². The van der Waals surface area contributed by atoms with Gasteiger partial charge in [0.15, 0.2) is 0 Å².